The standard InChI is InChI=1S/C14H19N3O/c1-10(9-18-3)17(2)14-5-4-13(15)12-8-16-7-6-11(12)14/h4-8,10H,9,15H2,1-3H3. The molecule has 0 amide bonds. The van der Waals surface area contributed by atoms with Crippen molar-refractivity contribution in [1.82, 2.24) is 4.98 Å². The molecule has 0 fully saturated rings. The lowest BCUT2D eigenvalue weighted by Crippen LogP contribution is -2.32. The minimum Gasteiger partial charge on any atom is -0.398 e. The van der Waals surface area contributed by atoms with E-state index in [1.807, 2.05) is 24.4 Å². The molecule has 0 radical (unpaired) electrons. The zero-order valence-corrected chi connectivity index (χ0v) is 11.1. The van der Waals surface area contributed by atoms with E-state index in [9.17, 15) is 0 Å². The molecule has 1 aromatic carbocycles. The first-order valence-electron chi connectivity index (χ1n) is 5.99. The smallest absolute Gasteiger partial charge is 0.0663 e. The van der Waals surface area contributed by atoms with E-state index in [2.05, 4.69) is 23.9 Å². The average molecular weight is 245 g/mol. The monoisotopic (exact) mass is 245 g/mol. The maximum absolute atomic E-state index is 5.98. The van der Waals surface area contributed by atoms with Gasteiger partial charge in [-0.2, -0.15) is 0 Å². The lowest BCUT2D eigenvalue weighted by atomic mass is 10.1. The van der Waals surface area contributed by atoms with Gasteiger partial charge in [-0.15, -0.1) is 0 Å². The molecular weight excluding hydrogens is 226 g/mol. The van der Waals surface area contributed by atoms with E-state index in [1.54, 1.807) is 13.3 Å². The van der Waals surface area contributed by atoms with Crippen molar-refractivity contribution in [2.75, 3.05) is 31.4 Å². The van der Waals surface area contributed by atoms with Crippen molar-refractivity contribution in [3.8, 4) is 0 Å². The predicted molar refractivity (Wildman–Crippen MR) is 75.9 cm³/mol. The van der Waals surface area contributed by atoms with Gasteiger partial charge >= 0.3 is 0 Å². The summed E-state index contributed by atoms with van der Waals surface area (Å²) in [6.07, 6.45) is 3.60. The van der Waals surface area contributed by atoms with Crippen LogP contribution in [-0.2, 0) is 4.74 Å². The minimum absolute atomic E-state index is 0.301. The summed E-state index contributed by atoms with van der Waals surface area (Å²) in [5, 5.41) is 2.11. The Labute approximate surface area is 107 Å². The number of rotatable bonds is 4. The van der Waals surface area contributed by atoms with E-state index in [1.165, 1.54) is 0 Å². The van der Waals surface area contributed by atoms with Crippen molar-refractivity contribution in [1.29, 1.82) is 0 Å². The number of pyridine rings is 1. The number of fused-ring (bicyclic) bond motifs is 1. The van der Waals surface area contributed by atoms with Crippen LogP contribution in [0.3, 0.4) is 0 Å². The van der Waals surface area contributed by atoms with Crippen LogP contribution in [0.5, 0.6) is 0 Å². The third kappa shape index (κ3) is 2.24. The quantitative estimate of drug-likeness (QED) is 0.840. The van der Waals surface area contributed by atoms with Crippen molar-refractivity contribution in [2.45, 2.75) is 13.0 Å². The van der Waals surface area contributed by atoms with Crippen LogP contribution < -0.4 is 10.6 Å². The van der Waals surface area contributed by atoms with Gasteiger partial charge < -0.3 is 15.4 Å². The molecule has 18 heavy (non-hydrogen) atoms. The summed E-state index contributed by atoms with van der Waals surface area (Å²) in [5.74, 6) is 0. The number of likely N-dealkylation sites (N-methyl/N-ethyl adjacent to an activating group) is 1. The van der Waals surface area contributed by atoms with Crippen molar-refractivity contribution in [3.05, 3.63) is 30.6 Å². The van der Waals surface area contributed by atoms with Crippen LogP contribution in [0.25, 0.3) is 10.8 Å². The Morgan fingerprint density at radius 3 is 2.83 bits per heavy atom. The number of nitrogens with zero attached hydrogens (tertiary/aromatic N) is 2. The topological polar surface area (TPSA) is 51.4 Å². The van der Waals surface area contributed by atoms with E-state index < -0.39 is 0 Å². The predicted octanol–water partition coefficient (Wildman–Crippen LogP) is 2.29. The number of methoxy groups -OCH3 is 1. The van der Waals surface area contributed by atoms with Gasteiger partial charge in [0.15, 0.2) is 0 Å². The van der Waals surface area contributed by atoms with Gasteiger partial charge in [-0.3, -0.25) is 4.98 Å². The molecule has 2 N–H and O–H groups in total. The first-order valence-corrected chi connectivity index (χ1v) is 5.99. The van der Waals surface area contributed by atoms with Crippen LogP contribution in [0.15, 0.2) is 30.6 Å². The zero-order valence-electron chi connectivity index (χ0n) is 11.1. The molecular formula is C14H19N3O. The van der Waals surface area contributed by atoms with E-state index in [0.29, 0.717) is 12.6 Å². The highest BCUT2D eigenvalue weighted by Crippen LogP contribution is 2.30. The number of aromatic nitrogens is 1. The van der Waals surface area contributed by atoms with Gasteiger partial charge in [0, 0.05) is 54.7 Å². The van der Waals surface area contributed by atoms with Crippen molar-refractivity contribution in [3.63, 3.8) is 0 Å². The number of anilines is 2. The molecule has 2 rings (SSSR count). The van der Waals surface area contributed by atoms with Gasteiger partial charge in [0.2, 0.25) is 0 Å². The Morgan fingerprint density at radius 1 is 1.33 bits per heavy atom. The van der Waals surface area contributed by atoms with Crippen LogP contribution >= 0.6 is 0 Å². The summed E-state index contributed by atoms with van der Waals surface area (Å²) < 4.78 is 5.20. The number of hydrogen-bond acceptors (Lipinski definition) is 4. The zero-order chi connectivity index (χ0) is 13.1. The molecule has 4 nitrogen and oxygen atoms in total. The number of nitrogen functional groups attached to an aromatic ring is 1. The highest BCUT2D eigenvalue weighted by Gasteiger charge is 2.13. The van der Waals surface area contributed by atoms with Crippen molar-refractivity contribution >= 4 is 22.1 Å². The molecule has 1 heterocycles. The van der Waals surface area contributed by atoms with Crippen molar-refractivity contribution in [2.24, 2.45) is 0 Å². The maximum Gasteiger partial charge on any atom is 0.0663 e. The van der Waals surface area contributed by atoms with E-state index in [4.69, 9.17) is 10.5 Å². The molecule has 0 aliphatic heterocycles. The molecule has 4 heteroatoms. The largest absolute Gasteiger partial charge is 0.398 e. The molecule has 2 aromatic rings. The minimum atomic E-state index is 0.301. The SMILES string of the molecule is COCC(C)N(C)c1ccc(N)c2cnccc12. The fraction of sp³-hybridized carbons (Fsp3) is 0.357. The number of nitrogens with two attached hydrogens (primary N) is 1. The van der Waals surface area contributed by atoms with Crippen LogP contribution in [-0.4, -0.2) is 31.8 Å². The first-order chi connectivity index (χ1) is 8.65. The second-order valence-corrected chi connectivity index (χ2v) is 4.51. The van der Waals surface area contributed by atoms with Gasteiger partial charge in [0.05, 0.1) is 6.61 Å². The first kappa shape index (κ1) is 12.6. The maximum atomic E-state index is 5.98. The van der Waals surface area contributed by atoms with Gasteiger partial charge in [0.1, 0.15) is 0 Å². The number of hydrogen-bond donors (Lipinski definition) is 1. The van der Waals surface area contributed by atoms with Crippen LogP contribution in [0, 0.1) is 0 Å². The third-order valence-corrected chi connectivity index (χ3v) is 3.28. The van der Waals surface area contributed by atoms with E-state index in [-0.39, 0.29) is 0 Å². The summed E-state index contributed by atoms with van der Waals surface area (Å²) in [5.41, 5.74) is 7.88. The lowest BCUT2D eigenvalue weighted by Gasteiger charge is -2.27. The van der Waals surface area contributed by atoms with Gasteiger partial charge in [-0.05, 0) is 25.1 Å². The number of benzene rings is 1. The van der Waals surface area contributed by atoms with Gasteiger partial charge in [0.25, 0.3) is 0 Å². The summed E-state index contributed by atoms with van der Waals surface area (Å²) in [7, 11) is 3.78. The molecule has 1 aromatic heterocycles. The molecule has 0 bridgehead atoms. The highest BCUT2D eigenvalue weighted by atomic mass is 16.5. The normalized spacial score (nSPS) is 12.6. The van der Waals surface area contributed by atoms with Crippen LogP contribution in [0.4, 0.5) is 11.4 Å². The molecule has 1 atom stereocenters. The third-order valence-electron chi connectivity index (χ3n) is 3.28. The average Bonchev–Trinajstić information content (AvgIpc) is 2.39. The molecule has 0 saturated carbocycles. The van der Waals surface area contributed by atoms with Crippen LogP contribution in [0.2, 0.25) is 0 Å². The second kappa shape index (κ2) is 5.23. The Kier molecular flexibility index (Phi) is 3.67. The fourth-order valence-electron chi connectivity index (χ4n) is 2.09. The Morgan fingerprint density at radius 2 is 2.11 bits per heavy atom. The Balaban J connectivity index is 2.48. The van der Waals surface area contributed by atoms with E-state index >= 15 is 0 Å². The molecule has 0 aliphatic rings. The summed E-state index contributed by atoms with van der Waals surface area (Å²) in [4.78, 5) is 6.33. The molecule has 1 unspecified atom stereocenters. The van der Waals surface area contributed by atoms with Crippen LogP contribution in [0.1, 0.15) is 6.92 Å². The summed E-state index contributed by atoms with van der Waals surface area (Å²) >= 11 is 0. The fourth-order valence-corrected chi connectivity index (χ4v) is 2.09. The number of ether oxygens (including phenoxy) is 1. The molecule has 0 aliphatic carbocycles. The lowest BCUT2D eigenvalue weighted by molar-refractivity contribution is 0.183. The van der Waals surface area contributed by atoms with Gasteiger partial charge in [-0.25, -0.2) is 0 Å². The Hall–Kier alpha value is -1.81. The van der Waals surface area contributed by atoms with Crippen molar-refractivity contribution < 1.29 is 4.74 Å². The molecule has 0 saturated heterocycles. The summed E-state index contributed by atoms with van der Waals surface area (Å²) in [6, 6.07) is 6.27. The molecule has 96 valence electrons. The summed E-state index contributed by atoms with van der Waals surface area (Å²) in [6.45, 7) is 2.82. The second-order valence-electron chi connectivity index (χ2n) is 4.51. The highest BCUT2D eigenvalue weighted by molar-refractivity contribution is 6.00. The van der Waals surface area contributed by atoms with E-state index in [0.717, 1.165) is 22.1 Å². The molecule has 0 spiro atoms. The Bertz CT molecular complexity index is 542. The van der Waals surface area contributed by atoms with Gasteiger partial charge in [-0.1, -0.05) is 0 Å².